The van der Waals surface area contributed by atoms with Crippen molar-refractivity contribution in [1.29, 1.82) is 0 Å². The van der Waals surface area contributed by atoms with Crippen LogP contribution in [0, 0.1) is 0 Å². The lowest BCUT2D eigenvalue weighted by atomic mass is 10.2. The summed E-state index contributed by atoms with van der Waals surface area (Å²) in [5.41, 5.74) is 0.455. The lowest BCUT2D eigenvalue weighted by molar-refractivity contribution is 0.264. The van der Waals surface area contributed by atoms with Gasteiger partial charge in [-0.1, -0.05) is 6.92 Å². The number of isocyanates is 1. The Morgan fingerprint density at radius 3 is 2.54 bits per heavy atom. The van der Waals surface area contributed by atoms with Crippen LogP contribution in [0.15, 0.2) is 4.99 Å². The second kappa shape index (κ2) is 8.13. The van der Waals surface area contributed by atoms with Gasteiger partial charge in [0.15, 0.2) is 0 Å². The monoisotopic (exact) mass is 203 g/mol. The molecule has 76 valence electrons. The molecule has 0 saturated heterocycles. The van der Waals surface area contributed by atoms with E-state index in [9.17, 15) is 4.79 Å². The van der Waals surface area contributed by atoms with Gasteiger partial charge in [-0.15, -0.1) is 0 Å². The molecule has 0 aromatic rings. The summed E-state index contributed by atoms with van der Waals surface area (Å²) < 4.78 is 10.5. The number of hydrogen-bond acceptors (Lipinski definition) is 4. The minimum absolute atomic E-state index is 0.455. The van der Waals surface area contributed by atoms with Gasteiger partial charge in [-0.05, 0) is 18.4 Å². The van der Waals surface area contributed by atoms with Crippen LogP contribution in [-0.2, 0) is 13.6 Å². The van der Waals surface area contributed by atoms with E-state index in [0.717, 1.165) is 12.8 Å². The Morgan fingerprint density at radius 2 is 2.08 bits per heavy atom. The summed E-state index contributed by atoms with van der Waals surface area (Å²) in [6.45, 7) is 2.66. The third-order valence-corrected chi connectivity index (χ3v) is 4.11. The van der Waals surface area contributed by atoms with Crippen LogP contribution >= 0.6 is 0 Å². The molecule has 0 aromatic carbocycles. The molecule has 1 unspecified atom stereocenters. The average Bonchev–Trinajstić information content (AvgIpc) is 2.14. The number of nitrogens with zero attached hydrogens (tertiary/aromatic N) is 1. The maximum Gasteiger partial charge on any atom is 0.323 e. The summed E-state index contributed by atoms with van der Waals surface area (Å²) in [6, 6.07) is 0. The van der Waals surface area contributed by atoms with E-state index in [1.54, 1.807) is 14.2 Å². The SMILES string of the molecule is CO[SiH](OC)C(C)CCCN=C=O. The Labute approximate surface area is 80.8 Å². The van der Waals surface area contributed by atoms with Gasteiger partial charge < -0.3 is 8.85 Å². The maximum absolute atomic E-state index is 9.76. The number of rotatable bonds is 7. The van der Waals surface area contributed by atoms with Crippen molar-refractivity contribution in [1.82, 2.24) is 0 Å². The van der Waals surface area contributed by atoms with E-state index >= 15 is 0 Å². The molecular weight excluding hydrogens is 186 g/mol. The fourth-order valence-corrected chi connectivity index (χ4v) is 2.86. The zero-order valence-electron chi connectivity index (χ0n) is 8.45. The van der Waals surface area contributed by atoms with Gasteiger partial charge in [0.1, 0.15) is 0 Å². The highest BCUT2D eigenvalue weighted by atomic mass is 28.3. The number of hydrogen-bond donors (Lipinski definition) is 0. The van der Waals surface area contributed by atoms with Gasteiger partial charge in [0.05, 0.1) is 6.54 Å². The number of aliphatic imine (C=N–C) groups is 1. The van der Waals surface area contributed by atoms with Crippen LogP contribution in [0.2, 0.25) is 5.54 Å². The van der Waals surface area contributed by atoms with Crippen LogP contribution in [0.3, 0.4) is 0 Å². The highest BCUT2D eigenvalue weighted by Crippen LogP contribution is 2.17. The average molecular weight is 203 g/mol. The van der Waals surface area contributed by atoms with Crippen LogP contribution in [0.25, 0.3) is 0 Å². The van der Waals surface area contributed by atoms with Crippen molar-refractivity contribution in [2.45, 2.75) is 25.3 Å². The third kappa shape index (κ3) is 5.71. The van der Waals surface area contributed by atoms with Crippen molar-refractivity contribution in [2.75, 3.05) is 20.8 Å². The van der Waals surface area contributed by atoms with Crippen LogP contribution in [0.5, 0.6) is 0 Å². The van der Waals surface area contributed by atoms with Crippen molar-refractivity contribution in [3.8, 4) is 0 Å². The molecule has 4 nitrogen and oxygen atoms in total. The Hall–Kier alpha value is -0.483. The standard InChI is InChI=1S/C8H17NO3Si/c1-8(13(11-2)12-3)5-4-6-9-7-10/h8,13H,4-6H2,1-3H3. The summed E-state index contributed by atoms with van der Waals surface area (Å²) in [5, 5.41) is 0. The van der Waals surface area contributed by atoms with Gasteiger partial charge in [-0.2, -0.15) is 0 Å². The second-order valence-corrected chi connectivity index (χ2v) is 5.75. The first-order chi connectivity index (χ1) is 6.26. The van der Waals surface area contributed by atoms with Crippen LogP contribution in [0.1, 0.15) is 19.8 Å². The first kappa shape index (κ1) is 12.5. The van der Waals surface area contributed by atoms with Crippen molar-refractivity contribution in [3.05, 3.63) is 0 Å². The Morgan fingerprint density at radius 1 is 1.46 bits per heavy atom. The van der Waals surface area contributed by atoms with Crippen LogP contribution in [-0.4, -0.2) is 36.1 Å². The highest BCUT2D eigenvalue weighted by molar-refractivity contribution is 6.46. The first-order valence-corrected chi connectivity index (χ1v) is 5.96. The van der Waals surface area contributed by atoms with E-state index in [-0.39, 0.29) is 0 Å². The molecule has 0 spiro atoms. The van der Waals surface area contributed by atoms with Gasteiger partial charge in [-0.3, -0.25) is 0 Å². The lowest BCUT2D eigenvalue weighted by Crippen LogP contribution is -2.24. The van der Waals surface area contributed by atoms with Gasteiger partial charge in [0.2, 0.25) is 6.08 Å². The van der Waals surface area contributed by atoms with Crippen molar-refractivity contribution in [2.24, 2.45) is 4.99 Å². The Kier molecular flexibility index (Phi) is 7.83. The van der Waals surface area contributed by atoms with E-state index in [1.165, 1.54) is 6.08 Å². The molecule has 0 rings (SSSR count). The van der Waals surface area contributed by atoms with E-state index in [4.69, 9.17) is 8.85 Å². The molecule has 1 atom stereocenters. The summed E-state index contributed by atoms with van der Waals surface area (Å²) in [4.78, 5) is 13.2. The second-order valence-electron chi connectivity index (χ2n) is 2.93. The Bertz CT molecular complexity index is 167. The number of carbonyl (C=O) groups excluding carboxylic acids is 1. The van der Waals surface area contributed by atoms with Crippen molar-refractivity contribution < 1.29 is 13.6 Å². The molecule has 0 aliphatic rings. The summed E-state index contributed by atoms with van der Waals surface area (Å²) in [5.74, 6) is 0. The zero-order valence-corrected chi connectivity index (χ0v) is 9.60. The van der Waals surface area contributed by atoms with E-state index < -0.39 is 9.28 Å². The third-order valence-electron chi connectivity index (χ3n) is 1.92. The van der Waals surface area contributed by atoms with Crippen LogP contribution in [0.4, 0.5) is 0 Å². The van der Waals surface area contributed by atoms with E-state index in [0.29, 0.717) is 12.1 Å². The molecule has 0 aliphatic heterocycles. The smallest absolute Gasteiger partial charge is 0.323 e. The topological polar surface area (TPSA) is 47.9 Å². The fourth-order valence-electron chi connectivity index (χ4n) is 1.23. The fraction of sp³-hybridized carbons (Fsp3) is 0.875. The summed E-state index contributed by atoms with van der Waals surface area (Å²) in [7, 11) is 1.88. The van der Waals surface area contributed by atoms with Crippen LogP contribution < -0.4 is 0 Å². The predicted octanol–water partition coefficient (Wildman–Crippen LogP) is 1.01. The molecule has 0 amide bonds. The van der Waals surface area contributed by atoms with Crippen molar-refractivity contribution >= 4 is 15.4 Å². The van der Waals surface area contributed by atoms with Gasteiger partial charge in [-0.25, -0.2) is 9.79 Å². The van der Waals surface area contributed by atoms with E-state index in [1.807, 2.05) is 0 Å². The highest BCUT2D eigenvalue weighted by Gasteiger charge is 2.18. The molecule has 0 saturated carbocycles. The molecular formula is C8H17NO3Si. The largest absolute Gasteiger partial charge is 0.400 e. The molecule has 0 fully saturated rings. The summed E-state index contributed by atoms with van der Waals surface area (Å²) >= 11 is 0. The zero-order chi connectivity index (χ0) is 10.1. The minimum Gasteiger partial charge on any atom is -0.400 e. The Balaban J connectivity index is 3.58. The molecule has 0 aliphatic carbocycles. The van der Waals surface area contributed by atoms with E-state index in [2.05, 4.69) is 11.9 Å². The molecule has 13 heavy (non-hydrogen) atoms. The minimum atomic E-state index is -1.48. The van der Waals surface area contributed by atoms with Gasteiger partial charge >= 0.3 is 9.28 Å². The summed E-state index contributed by atoms with van der Waals surface area (Å²) in [6.07, 6.45) is 3.41. The molecule has 0 radical (unpaired) electrons. The molecule has 0 aromatic heterocycles. The normalized spacial score (nSPS) is 12.6. The quantitative estimate of drug-likeness (QED) is 0.268. The lowest BCUT2D eigenvalue weighted by Gasteiger charge is -2.17. The molecule has 5 heteroatoms. The van der Waals surface area contributed by atoms with Gasteiger partial charge in [0.25, 0.3) is 0 Å². The molecule has 0 N–H and O–H groups in total. The van der Waals surface area contributed by atoms with Crippen molar-refractivity contribution in [3.63, 3.8) is 0 Å². The molecule has 0 bridgehead atoms. The van der Waals surface area contributed by atoms with Gasteiger partial charge in [0, 0.05) is 14.2 Å². The maximum atomic E-state index is 9.76. The first-order valence-electron chi connectivity index (χ1n) is 4.35. The predicted molar refractivity (Wildman–Crippen MR) is 52.8 cm³/mol. The molecule has 0 heterocycles.